The quantitative estimate of drug-likeness (QED) is 0.820. The SMILES string of the molecule is OCc1ccc(CNCc2ccccc2OC(F)F)o1. The third kappa shape index (κ3) is 4.04. The van der Waals surface area contributed by atoms with Crippen LogP contribution in [0.1, 0.15) is 17.1 Å². The Labute approximate surface area is 115 Å². The summed E-state index contributed by atoms with van der Waals surface area (Å²) >= 11 is 0. The van der Waals surface area contributed by atoms with Crippen molar-refractivity contribution in [1.29, 1.82) is 0 Å². The molecule has 0 fully saturated rings. The van der Waals surface area contributed by atoms with E-state index in [2.05, 4.69) is 10.1 Å². The van der Waals surface area contributed by atoms with Crippen LogP contribution in [0.5, 0.6) is 5.75 Å². The van der Waals surface area contributed by atoms with Crippen molar-refractivity contribution in [2.45, 2.75) is 26.3 Å². The van der Waals surface area contributed by atoms with Gasteiger partial charge in [-0.1, -0.05) is 18.2 Å². The van der Waals surface area contributed by atoms with Crippen LogP contribution in [0.3, 0.4) is 0 Å². The third-order valence-corrected chi connectivity index (χ3v) is 2.68. The minimum absolute atomic E-state index is 0.148. The van der Waals surface area contributed by atoms with Crippen LogP contribution < -0.4 is 10.1 Å². The molecule has 0 bridgehead atoms. The molecule has 108 valence electrons. The Morgan fingerprint density at radius 3 is 2.55 bits per heavy atom. The van der Waals surface area contributed by atoms with Crippen molar-refractivity contribution in [2.75, 3.05) is 0 Å². The van der Waals surface area contributed by atoms with Gasteiger partial charge in [0, 0.05) is 12.1 Å². The van der Waals surface area contributed by atoms with Crippen molar-refractivity contribution in [3.63, 3.8) is 0 Å². The van der Waals surface area contributed by atoms with Crippen molar-refractivity contribution in [3.8, 4) is 5.75 Å². The van der Waals surface area contributed by atoms with Gasteiger partial charge in [0.15, 0.2) is 0 Å². The van der Waals surface area contributed by atoms with Crippen molar-refractivity contribution >= 4 is 0 Å². The maximum Gasteiger partial charge on any atom is 0.387 e. The summed E-state index contributed by atoms with van der Waals surface area (Å²) in [5.74, 6) is 1.31. The molecule has 2 rings (SSSR count). The standard InChI is InChI=1S/C14H15F2NO3/c15-14(16)20-13-4-2-1-3-10(13)7-17-8-11-5-6-12(9-18)19-11/h1-6,14,17-18H,7-9H2. The number of halogens is 2. The van der Waals surface area contributed by atoms with Crippen molar-refractivity contribution < 1.29 is 23.0 Å². The number of alkyl halides is 2. The van der Waals surface area contributed by atoms with Gasteiger partial charge in [-0.3, -0.25) is 0 Å². The Hall–Kier alpha value is -1.92. The summed E-state index contributed by atoms with van der Waals surface area (Å²) in [5.41, 5.74) is 0.640. The highest BCUT2D eigenvalue weighted by Gasteiger charge is 2.09. The van der Waals surface area contributed by atoms with Gasteiger partial charge in [0.05, 0.1) is 6.54 Å². The van der Waals surface area contributed by atoms with E-state index in [0.717, 1.165) is 0 Å². The molecule has 20 heavy (non-hydrogen) atoms. The minimum Gasteiger partial charge on any atom is -0.462 e. The second-order valence-corrected chi connectivity index (χ2v) is 4.12. The zero-order chi connectivity index (χ0) is 14.4. The summed E-state index contributed by atoms with van der Waals surface area (Å²) in [4.78, 5) is 0. The van der Waals surface area contributed by atoms with E-state index in [-0.39, 0.29) is 12.4 Å². The largest absolute Gasteiger partial charge is 0.462 e. The number of aliphatic hydroxyl groups excluding tert-OH is 1. The van der Waals surface area contributed by atoms with E-state index in [0.29, 0.717) is 30.2 Å². The highest BCUT2D eigenvalue weighted by molar-refractivity contribution is 5.33. The Kier molecular flexibility index (Phi) is 5.09. The van der Waals surface area contributed by atoms with E-state index in [9.17, 15) is 8.78 Å². The number of para-hydroxylation sites is 1. The number of ether oxygens (including phenoxy) is 1. The summed E-state index contributed by atoms with van der Waals surface area (Å²) in [7, 11) is 0. The number of benzene rings is 1. The summed E-state index contributed by atoms with van der Waals surface area (Å²) in [5, 5.41) is 11.9. The molecule has 0 atom stereocenters. The number of aliphatic hydroxyl groups is 1. The van der Waals surface area contributed by atoms with Gasteiger partial charge in [-0.2, -0.15) is 8.78 Å². The zero-order valence-corrected chi connectivity index (χ0v) is 10.7. The van der Waals surface area contributed by atoms with E-state index in [4.69, 9.17) is 9.52 Å². The summed E-state index contributed by atoms with van der Waals surface area (Å²) in [6.45, 7) is -2.18. The molecule has 0 saturated carbocycles. The molecule has 0 unspecified atom stereocenters. The maximum absolute atomic E-state index is 12.2. The fraction of sp³-hybridized carbons (Fsp3) is 0.286. The van der Waals surface area contributed by atoms with Gasteiger partial charge in [0.1, 0.15) is 23.9 Å². The lowest BCUT2D eigenvalue weighted by Gasteiger charge is -2.10. The number of furan rings is 1. The molecule has 0 radical (unpaired) electrons. The first-order valence-corrected chi connectivity index (χ1v) is 6.11. The summed E-state index contributed by atoms with van der Waals surface area (Å²) in [6, 6.07) is 10.0. The van der Waals surface area contributed by atoms with Gasteiger partial charge < -0.3 is 19.6 Å². The second kappa shape index (κ2) is 7.02. The first-order valence-electron chi connectivity index (χ1n) is 6.11. The van der Waals surface area contributed by atoms with Gasteiger partial charge in [0.2, 0.25) is 0 Å². The van der Waals surface area contributed by atoms with E-state index in [1.165, 1.54) is 6.07 Å². The van der Waals surface area contributed by atoms with Crippen LogP contribution in [0, 0.1) is 0 Å². The van der Waals surface area contributed by atoms with Crippen molar-refractivity contribution in [2.24, 2.45) is 0 Å². The first-order chi connectivity index (χ1) is 9.69. The molecular formula is C14H15F2NO3. The summed E-state index contributed by atoms with van der Waals surface area (Å²) < 4.78 is 34.2. The fourth-order valence-electron chi connectivity index (χ4n) is 1.78. The van der Waals surface area contributed by atoms with Gasteiger partial charge in [0.25, 0.3) is 0 Å². The lowest BCUT2D eigenvalue weighted by Crippen LogP contribution is -2.14. The van der Waals surface area contributed by atoms with Crippen LogP contribution in [-0.4, -0.2) is 11.7 Å². The molecule has 2 aromatic rings. The fourth-order valence-corrected chi connectivity index (χ4v) is 1.78. The van der Waals surface area contributed by atoms with E-state index in [1.807, 2.05) is 0 Å². The Morgan fingerprint density at radius 1 is 1.10 bits per heavy atom. The zero-order valence-electron chi connectivity index (χ0n) is 10.7. The lowest BCUT2D eigenvalue weighted by molar-refractivity contribution is -0.0505. The van der Waals surface area contributed by atoms with Crippen LogP contribution in [0.15, 0.2) is 40.8 Å². The van der Waals surface area contributed by atoms with Gasteiger partial charge in [-0.05, 0) is 18.2 Å². The topological polar surface area (TPSA) is 54.6 Å². The molecule has 0 spiro atoms. The average Bonchev–Trinajstić information content (AvgIpc) is 2.88. The van der Waals surface area contributed by atoms with Crippen LogP contribution in [-0.2, 0) is 19.7 Å². The predicted molar refractivity (Wildman–Crippen MR) is 68.2 cm³/mol. The Balaban J connectivity index is 1.90. The average molecular weight is 283 g/mol. The molecule has 1 aromatic carbocycles. The second-order valence-electron chi connectivity index (χ2n) is 4.12. The molecule has 0 aliphatic carbocycles. The maximum atomic E-state index is 12.2. The van der Waals surface area contributed by atoms with Crippen molar-refractivity contribution in [1.82, 2.24) is 5.32 Å². The smallest absolute Gasteiger partial charge is 0.387 e. The molecule has 2 N–H and O–H groups in total. The monoisotopic (exact) mass is 283 g/mol. The van der Waals surface area contributed by atoms with Crippen LogP contribution in [0.25, 0.3) is 0 Å². The Morgan fingerprint density at radius 2 is 1.85 bits per heavy atom. The number of hydrogen-bond acceptors (Lipinski definition) is 4. The van der Waals surface area contributed by atoms with Gasteiger partial charge >= 0.3 is 6.61 Å². The molecule has 0 aliphatic rings. The summed E-state index contributed by atoms with van der Waals surface area (Å²) in [6.07, 6.45) is 0. The van der Waals surface area contributed by atoms with Gasteiger partial charge in [-0.25, -0.2) is 0 Å². The number of hydrogen-bond donors (Lipinski definition) is 2. The molecule has 6 heteroatoms. The molecule has 1 aromatic heterocycles. The molecule has 4 nitrogen and oxygen atoms in total. The highest BCUT2D eigenvalue weighted by atomic mass is 19.3. The normalized spacial score (nSPS) is 11.0. The number of nitrogens with one attached hydrogen (secondary N) is 1. The lowest BCUT2D eigenvalue weighted by atomic mass is 10.2. The predicted octanol–water partition coefficient (Wildman–Crippen LogP) is 2.66. The van der Waals surface area contributed by atoms with E-state index in [1.54, 1.807) is 30.3 Å². The van der Waals surface area contributed by atoms with E-state index >= 15 is 0 Å². The Bertz CT molecular complexity index is 543. The molecule has 0 saturated heterocycles. The third-order valence-electron chi connectivity index (χ3n) is 2.68. The van der Waals surface area contributed by atoms with Crippen LogP contribution in [0.2, 0.25) is 0 Å². The number of rotatable bonds is 7. The van der Waals surface area contributed by atoms with Crippen LogP contribution >= 0.6 is 0 Å². The van der Waals surface area contributed by atoms with Crippen molar-refractivity contribution in [3.05, 3.63) is 53.5 Å². The van der Waals surface area contributed by atoms with Crippen LogP contribution in [0.4, 0.5) is 8.78 Å². The van der Waals surface area contributed by atoms with Gasteiger partial charge in [-0.15, -0.1) is 0 Å². The minimum atomic E-state index is -2.84. The molecule has 0 amide bonds. The molecular weight excluding hydrogens is 268 g/mol. The molecule has 0 aliphatic heterocycles. The van der Waals surface area contributed by atoms with E-state index < -0.39 is 6.61 Å². The first kappa shape index (κ1) is 14.5. The molecule has 1 heterocycles. The highest BCUT2D eigenvalue weighted by Crippen LogP contribution is 2.20.